The monoisotopic (exact) mass is 833 g/mol. The molecule has 1 aliphatic carbocycles. The van der Waals surface area contributed by atoms with Gasteiger partial charge in [0.15, 0.2) is 17.5 Å². The summed E-state index contributed by atoms with van der Waals surface area (Å²) < 4.78 is 19.6. The molecule has 304 valence electrons. The Morgan fingerprint density at radius 3 is 1.88 bits per heavy atom. The van der Waals surface area contributed by atoms with Crippen molar-refractivity contribution in [2.75, 3.05) is 0 Å². The molecule has 13 aromatic rings. The molecule has 0 bridgehead atoms. The minimum absolute atomic E-state index is 0.139. The summed E-state index contributed by atoms with van der Waals surface area (Å²) in [6.45, 7) is 0. The van der Waals surface area contributed by atoms with Gasteiger partial charge < -0.3 is 13.3 Å². The quantitative estimate of drug-likeness (QED) is 0.172. The summed E-state index contributed by atoms with van der Waals surface area (Å²) in [5.41, 5.74) is 11.5. The summed E-state index contributed by atoms with van der Waals surface area (Å²) in [7, 11) is 0. The molecule has 4 heterocycles. The minimum Gasteiger partial charge on any atom is -0.460 e. The lowest BCUT2D eigenvalue weighted by Gasteiger charge is -2.18. The molecule has 0 aliphatic heterocycles. The van der Waals surface area contributed by atoms with Gasteiger partial charge in [-0.25, -0.2) is 15.0 Å². The van der Waals surface area contributed by atoms with Gasteiger partial charge in [0, 0.05) is 56.0 Å². The molecule has 6 nitrogen and oxygen atoms in total. The van der Waals surface area contributed by atoms with Crippen molar-refractivity contribution in [1.82, 2.24) is 15.0 Å². The second-order valence-electron chi connectivity index (χ2n) is 17.0. The highest BCUT2D eigenvalue weighted by atomic mass is 16.3. The molecule has 1 unspecified atom stereocenters. The van der Waals surface area contributed by atoms with Gasteiger partial charge in [-0.3, -0.25) is 0 Å². The van der Waals surface area contributed by atoms with Gasteiger partial charge in [0.1, 0.15) is 33.7 Å². The summed E-state index contributed by atoms with van der Waals surface area (Å²) in [5, 5.41) is 9.91. The van der Waals surface area contributed by atoms with E-state index in [1.165, 1.54) is 10.9 Å². The average Bonchev–Trinajstić information content (AvgIpc) is 4.07. The Kier molecular flexibility index (Phi) is 7.71. The number of para-hydroxylation sites is 3. The van der Waals surface area contributed by atoms with Crippen LogP contribution >= 0.6 is 0 Å². The maximum Gasteiger partial charge on any atom is 0.167 e. The lowest BCUT2D eigenvalue weighted by Crippen LogP contribution is -2.04. The van der Waals surface area contributed by atoms with Crippen molar-refractivity contribution in [1.29, 1.82) is 0 Å². The molecule has 6 heteroatoms. The average molecular weight is 834 g/mol. The Morgan fingerprint density at radius 1 is 0.400 bits per heavy atom. The van der Waals surface area contributed by atoms with Gasteiger partial charge in [0.2, 0.25) is 0 Å². The predicted octanol–water partition coefficient (Wildman–Crippen LogP) is 15.7. The molecule has 9 aromatic carbocycles. The van der Waals surface area contributed by atoms with E-state index in [2.05, 4.69) is 158 Å². The third kappa shape index (κ3) is 5.57. The highest BCUT2D eigenvalue weighted by Gasteiger charge is 2.27. The van der Waals surface area contributed by atoms with Crippen molar-refractivity contribution in [3.8, 4) is 45.3 Å². The molecule has 4 aromatic heterocycles. The number of hydrogen-bond acceptors (Lipinski definition) is 6. The van der Waals surface area contributed by atoms with E-state index in [9.17, 15) is 0 Å². The van der Waals surface area contributed by atoms with Crippen LogP contribution < -0.4 is 0 Å². The van der Waals surface area contributed by atoms with E-state index >= 15 is 0 Å². The molecule has 1 aliphatic rings. The first-order valence-electron chi connectivity index (χ1n) is 22.0. The first kappa shape index (κ1) is 35.9. The van der Waals surface area contributed by atoms with Gasteiger partial charge in [0.05, 0.1) is 5.56 Å². The Morgan fingerprint density at radius 2 is 1.02 bits per heavy atom. The number of benzene rings is 9. The van der Waals surface area contributed by atoms with Gasteiger partial charge in [-0.2, -0.15) is 0 Å². The van der Waals surface area contributed by atoms with Crippen molar-refractivity contribution in [3.05, 3.63) is 205 Å². The molecule has 1 atom stereocenters. The molecule has 65 heavy (non-hydrogen) atoms. The van der Waals surface area contributed by atoms with Crippen LogP contribution in [0.5, 0.6) is 0 Å². The van der Waals surface area contributed by atoms with E-state index in [1.807, 2.05) is 36.4 Å². The Labute approximate surface area is 371 Å². The largest absolute Gasteiger partial charge is 0.460 e. The Bertz CT molecular complexity index is 4130. The number of rotatable bonds is 5. The Balaban J connectivity index is 0.922. The second-order valence-corrected chi connectivity index (χ2v) is 17.0. The second kappa shape index (κ2) is 13.9. The Hall–Kier alpha value is -8.61. The molecule has 0 saturated heterocycles. The zero-order chi connectivity index (χ0) is 42.6. The number of nitrogens with zero attached hydrogens (tertiary/aromatic N) is 3. The zero-order valence-corrected chi connectivity index (χ0v) is 34.8. The summed E-state index contributed by atoms with van der Waals surface area (Å²) in [6.07, 6.45) is 5.35. The van der Waals surface area contributed by atoms with Crippen LogP contribution in [-0.4, -0.2) is 15.0 Å². The van der Waals surface area contributed by atoms with Gasteiger partial charge in [-0.1, -0.05) is 152 Å². The van der Waals surface area contributed by atoms with Crippen molar-refractivity contribution >= 4 is 82.5 Å². The molecule has 0 spiro atoms. The van der Waals surface area contributed by atoms with Crippen LogP contribution in [0.4, 0.5) is 0 Å². The fraction of sp³-hybridized carbons (Fsp3) is 0.0339. The van der Waals surface area contributed by atoms with Gasteiger partial charge in [-0.05, 0) is 80.7 Å². The molecule has 14 rings (SSSR count). The van der Waals surface area contributed by atoms with Crippen LogP contribution in [0.3, 0.4) is 0 Å². The number of hydrogen-bond donors (Lipinski definition) is 0. The lowest BCUT2D eigenvalue weighted by atomic mass is 9.85. The SMILES string of the molecule is C1=CC(c2cccc3oc4ccccc4c23)Cc2oc3cccc(-c4ccc(-c5nc(-c6ccc7ccccc7c6)nc(-c6cccc7c6oc6ccccc67)n5)c5ccccc45)c3c21. The summed E-state index contributed by atoms with van der Waals surface area (Å²) >= 11 is 0. The number of fused-ring (bicyclic) bond motifs is 11. The smallest absolute Gasteiger partial charge is 0.167 e. The fourth-order valence-corrected chi connectivity index (χ4v) is 10.3. The van der Waals surface area contributed by atoms with Gasteiger partial charge in [-0.15, -0.1) is 0 Å². The molecule has 0 radical (unpaired) electrons. The summed E-state index contributed by atoms with van der Waals surface area (Å²) in [6, 6.07) is 63.1. The normalized spacial score (nSPS) is 13.9. The molecule has 0 fully saturated rings. The van der Waals surface area contributed by atoms with Crippen LogP contribution in [0.2, 0.25) is 0 Å². The highest BCUT2D eigenvalue weighted by Crippen LogP contribution is 2.45. The van der Waals surface area contributed by atoms with E-state index in [0.29, 0.717) is 17.5 Å². The third-order valence-corrected chi connectivity index (χ3v) is 13.3. The lowest BCUT2D eigenvalue weighted by molar-refractivity contribution is 0.533. The van der Waals surface area contributed by atoms with Gasteiger partial charge >= 0.3 is 0 Å². The van der Waals surface area contributed by atoms with Crippen molar-refractivity contribution in [3.63, 3.8) is 0 Å². The van der Waals surface area contributed by atoms with E-state index in [1.54, 1.807) is 0 Å². The predicted molar refractivity (Wildman–Crippen MR) is 263 cm³/mol. The fourth-order valence-electron chi connectivity index (χ4n) is 10.3. The van der Waals surface area contributed by atoms with E-state index in [0.717, 1.165) is 117 Å². The minimum atomic E-state index is 0.139. The van der Waals surface area contributed by atoms with Crippen molar-refractivity contribution in [2.45, 2.75) is 12.3 Å². The van der Waals surface area contributed by atoms with E-state index < -0.39 is 0 Å². The van der Waals surface area contributed by atoms with E-state index in [-0.39, 0.29) is 5.92 Å². The molecular weight excluding hydrogens is 799 g/mol. The summed E-state index contributed by atoms with van der Waals surface area (Å²) in [4.78, 5) is 15.7. The molecule has 0 saturated carbocycles. The molecule has 0 N–H and O–H groups in total. The standard InChI is InChI=1S/C59H35N3O3/c1-2-13-35-32-37(27-26-34(35)12-1)57-60-58(62-59(61-57)48-21-9-20-44-42-16-5-7-22-49(42)65-56(44)48)45-31-30-41(39-14-3-4-15-40(39)45)43-19-11-25-52-55(43)47-29-28-36(33-53(47)64-52)38-18-10-24-51-54(38)46-17-6-8-23-50(46)63-51/h1-32,36H,33H2. The van der Waals surface area contributed by atoms with Crippen molar-refractivity contribution < 1.29 is 13.3 Å². The van der Waals surface area contributed by atoms with Crippen LogP contribution in [0, 0.1) is 0 Å². The van der Waals surface area contributed by atoms with Crippen LogP contribution in [-0.2, 0) is 6.42 Å². The van der Waals surface area contributed by atoms with Crippen LogP contribution in [0.25, 0.3) is 128 Å². The third-order valence-electron chi connectivity index (χ3n) is 13.3. The maximum atomic E-state index is 6.77. The number of aromatic nitrogens is 3. The zero-order valence-electron chi connectivity index (χ0n) is 34.8. The maximum absolute atomic E-state index is 6.77. The topological polar surface area (TPSA) is 78.1 Å². The van der Waals surface area contributed by atoms with E-state index in [4.69, 9.17) is 28.2 Å². The molecular formula is C59H35N3O3. The molecule has 0 amide bonds. The number of allylic oxidation sites excluding steroid dienone is 1. The first-order chi connectivity index (χ1) is 32.2. The highest BCUT2D eigenvalue weighted by molar-refractivity contribution is 6.12. The van der Waals surface area contributed by atoms with Crippen LogP contribution in [0.1, 0.15) is 22.8 Å². The van der Waals surface area contributed by atoms with Gasteiger partial charge in [0.25, 0.3) is 0 Å². The van der Waals surface area contributed by atoms with Crippen LogP contribution in [0.15, 0.2) is 201 Å². The first-order valence-corrected chi connectivity index (χ1v) is 22.0. The number of furan rings is 3. The summed E-state index contributed by atoms with van der Waals surface area (Å²) in [5.74, 6) is 2.86. The van der Waals surface area contributed by atoms with Crippen molar-refractivity contribution in [2.24, 2.45) is 0 Å².